The molecule has 13 rings (SSSR count). The summed E-state index contributed by atoms with van der Waals surface area (Å²) >= 11 is 0. The number of benzene rings is 10. The van der Waals surface area contributed by atoms with E-state index in [1.54, 1.807) is 0 Å². The molecule has 0 N–H and O–H groups in total. The highest BCUT2D eigenvalue weighted by atomic mass is 15.1. The molecule has 0 atom stereocenters. The Bertz CT molecular complexity index is 3830. The van der Waals surface area contributed by atoms with Crippen molar-refractivity contribution in [2.24, 2.45) is 0 Å². The van der Waals surface area contributed by atoms with E-state index in [9.17, 15) is 0 Å². The number of fused-ring (bicyclic) bond motifs is 11. The largest absolute Gasteiger partial charge is 0.274 e. The van der Waals surface area contributed by atoms with Gasteiger partial charge in [0.1, 0.15) is 11.3 Å². The maximum atomic E-state index is 5.60. The van der Waals surface area contributed by atoms with Gasteiger partial charge in [-0.15, -0.1) is 0 Å². The van der Waals surface area contributed by atoms with Crippen LogP contribution in [0.1, 0.15) is 0 Å². The van der Waals surface area contributed by atoms with E-state index >= 15 is 0 Å². The number of hydrogen-bond donors (Lipinski definition) is 0. The van der Waals surface area contributed by atoms with Gasteiger partial charge in [0.25, 0.3) is 0 Å². The van der Waals surface area contributed by atoms with Gasteiger partial charge in [-0.2, -0.15) is 0 Å². The minimum absolute atomic E-state index is 0.742. The van der Waals surface area contributed by atoms with Gasteiger partial charge in [0.2, 0.25) is 0 Å². The quantitative estimate of drug-likeness (QED) is 0.132. The molecule has 0 fully saturated rings. The first kappa shape index (κ1) is 33.7. The van der Waals surface area contributed by atoms with Gasteiger partial charge in [0.15, 0.2) is 5.82 Å². The van der Waals surface area contributed by atoms with Crippen LogP contribution < -0.4 is 0 Å². The van der Waals surface area contributed by atoms with Crippen LogP contribution in [0.25, 0.3) is 126 Å². The highest BCUT2D eigenvalue weighted by molar-refractivity contribution is 6.25. The molecule has 0 unspecified atom stereocenters. The third-order valence-corrected chi connectivity index (χ3v) is 12.6. The summed E-state index contributed by atoms with van der Waals surface area (Å²) < 4.78 is 2.27. The van der Waals surface area contributed by atoms with Gasteiger partial charge >= 0.3 is 0 Å². The number of imidazole rings is 1. The Morgan fingerprint density at radius 1 is 0.344 bits per heavy atom. The van der Waals surface area contributed by atoms with Crippen LogP contribution in [-0.4, -0.2) is 19.5 Å². The molecule has 0 saturated carbocycles. The highest BCUT2D eigenvalue weighted by Gasteiger charge is 2.24. The van der Waals surface area contributed by atoms with Crippen molar-refractivity contribution < 1.29 is 0 Å². The minimum atomic E-state index is 0.742. The molecule has 10 aromatic carbocycles. The molecule has 61 heavy (non-hydrogen) atoms. The Labute approximate surface area is 350 Å². The predicted molar refractivity (Wildman–Crippen MR) is 256 cm³/mol. The maximum Gasteiger partial charge on any atom is 0.165 e. The molecular weight excluding hydrogens is 741 g/mol. The van der Waals surface area contributed by atoms with Crippen molar-refractivity contribution in [3.05, 3.63) is 207 Å². The topological polar surface area (TPSA) is 43.6 Å². The van der Waals surface area contributed by atoms with Crippen molar-refractivity contribution in [2.75, 3.05) is 0 Å². The van der Waals surface area contributed by atoms with E-state index < -0.39 is 0 Å². The predicted octanol–water partition coefficient (Wildman–Crippen LogP) is 14.9. The van der Waals surface area contributed by atoms with E-state index in [1.807, 2.05) is 12.3 Å². The van der Waals surface area contributed by atoms with E-state index in [0.29, 0.717) is 0 Å². The molecule has 0 bridgehead atoms. The minimum Gasteiger partial charge on any atom is -0.274 e. The maximum absolute atomic E-state index is 5.60. The average molecular weight is 775 g/mol. The normalized spacial score (nSPS) is 11.9. The smallest absolute Gasteiger partial charge is 0.165 e. The summed E-state index contributed by atoms with van der Waals surface area (Å²) in [5.74, 6) is 1.56. The molecule has 3 aromatic heterocycles. The Morgan fingerprint density at radius 2 is 0.803 bits per heavy atom. The molecule has 0 aliphatic carbocycles. The second-order valence-electron chi connectivity index (χ2n) is 15.9. The van der Waals surface area contributed by atoms with Crippen LogP contribution in [-0.2, 0) is 0 Å². The van der Waals surface area contributed by atoms with Crippen molar-refractivity contribution in [2.45, 2.75) is 0 Å². The van der Waals surface area contributed by atoms with Gasteiger partial charge in [-0.05, 0) is 88.8 Å². The summed E-state index contributed by atoms with van der Waals surface area (Å²) in [7, 11) is 0. The van der Waals surface area contributed by atoms with Crippen LogP contribution in [0.5, 0.6) is 0 Å². The van der Waals surface area contributed by atoms with Crippen LogP contribution in [0.2, 0.25) is 0 Å². The summed E-state index contributed by atoms with van der Waals surface area (Å²) in [5, 5.41) is 15.3. The highest BCUT2D eigenvalue weighted by Crippen LogP contribution is 2.44. The Kier molecular flexibility index (Phi) is 7.27. The van der Waals surface area contributed by atoms with Crippen LogP contribution in [0.3, 0.4) is 0 Å². The van der Waals surface area contributed by atoms with E-state index in [0.717, 1.165) is 66.6 Å². The molecule has 0 spiro atoms. The van der Waals surface area contributed by atoms with Crippen LogP contribution >= 0.6 is 0 Å². The molecule has 282 valence electrons. The van der Waals surface area contributed by atoms with E-state index in [4.69, 9.17) is 15.0 Å². The molecule has 4 nitrogen and oxygen atoms in total. The van der Waals surface area contributed by atoms with E-state index in [-0.39, 0.29) is 0 Å². The van der Waals surface area contributed by atoms with E-state index in [1.165, 1.54) is 59.4 Å². The van der Waals surface area contributed by atoms with Crippen LogP contribution in [0, 0.1) is 0 Å². The molecular formula is C57H34N4. The number of hydrogen-bond acceptors (Lipinski definition) is 3. The average Bonchev–Trinajstić information content (AvgIpc) is 3.73. The standard InChI is InChI=1S/C57H34N4/c1-5-18-41-37(14-1)32-38-15-2-6-19-42(38)51(41)35-27-29-36(30-28-35)56-60-53-47-24-11-9-22-45(47)46-23-10-12-25-49(46)55(53)61(56)57-54-48(26-13-31-58-54)50(34-59-57)52-43-20-7-3-16-39(43)33-40-17-4-8-21-44(40)52/h1-34H. The number of pyridine rings is 2. The number of nitrogens with zero attached hydrogens (tertiary/aromatic N) is 4. The molecule has 0 amide bonds. The zero-order valence-electron chi connectivity index (χ0n) is 32.9. The molecule has 0 aliphatic heterocycles. The van der Waals surface area contributed by atoms with Gasteiger partial charge in [-0.1, -0.05) is 176 Å². The second kappa shape index (κ2) is 13.2. The zero-order chi connectivity index (χ0) is 40.0. The third kappa shape index (κ3) is 5.03. The summed E-state index contributed by atoms with van der Waals surface area (Å²) in [6.07, 6.45) is 3.94. The monoisotopic (exact) mass is 774 g/mol. The van der Waals surface area contributed by atoms with Gasteiger partial charge in [0, 0.05) is 39.7 Å². The first-order valence-electron chi connectivity index (χ1n) is 20.8. The molecule has 0 radical (unpaired) electrons. The lowest BCUT2D eigenvalue weighted by molar-refractivity contribution is 1.04. The lowest BCUT2D eigenvalue weighted by Gasteiger charge is -2.17. The fraction of sp³-hybridized carbons (Fsp3) is 0. The fourth-order valence-electron chi connectivity index (χ4n) is 9.94. The Morgan fingerprint density at radius 3 is 1.39 bits per heavy atom. The summed E-state index contributed by atoms with van der Waals surface area (Å²) in [4.78, 5) is 16.2. The van der Waals surface area contributed by atoms with Gasteiger partial charge in [-0.25, -0.2) is 9.97 Å². The summed E-state index contributed by atoms with van der Waals surface area (Å²) in [6.45, 7) is 0. The Hall–Kier alpha value is -8.21. The third-order valence-electron chi connectivity index (χ3n) is 12.6. The van der Waals surface area contributed by atoms with Gasteiger partial charge in [-0.3, -0.25) is 9.55 Å². The summed E-state index contributed by atoms with van der Waals surface area (Å²) in [5.41, 5.74) is 8.36. The van der Waals surface area contributed by atoms with Crippen molar-refractivity contribution >= 4 is 86.6 Å². The summed E-state index contributed by atoms with van der Waals surface area (Å²) in [6, 6.07) is 69.7. The SMILES string of the molecule is c1ccc2c(-c3ccc(-c4nc5c6ccccc6c6ccccc6c5n4-c4ncc(-c5c6ccccc6cc6ccccc56)c5cccnc45)cc3)c3ccccc3cc2c1. The van der Waals surface area contributed by atoms with Crippen molar-refractivity contribution in [1.82, 2.24) is 19.5 Å². The van der Waals surface area contributed by atoms with Crippen molar-refractivity contribution in [1.29, 1.82) is 0 Å². The fourth-order valence-corrected chi connectivity index (χ4v) is 9.94. The van der Waals surface area contributed by atoms with E-state index in [2.05, 4.69) is 199 Å². The van der Waals surface area contributed by atoms with Crippen molar-refractivity contribution in [3.63, 3.8) is 0 Å². The lowest BCUT2D eigenvalue weighted by Crippen LogP contribution is -2.04. The molecule has 4 heteroatoms. The van der Waals surface area contributed by atoms with Crippen molar-refractivity contribution in [3.8, 4) is 39.5 Å². The van der Waals surface area contributed by atoms with Gasteiger partial charge < -0.3 is 0 Å². The molecule has 0 aliphatic rings. The number of aromatic nitrogens is 4. The lowest BCUT2D eigenvalue weighted by atomic mass is 9.91. The molecule has 3 heterocycles. The molecule has 0 saturated heterocycles. The zero-order valence-corrected chi connectivity index (χ0v) is 32.9. The first-order valence-corrected chi connectivity index (χ1v) is 20.8. The van der Waals surface area contributed by atoms with Crippen LogP contribution in [0.4, 0.5) is 0 Å². The second-order valence-corrected chi connectivity index (χ2v) is 15.9. The Balaban J connectivity index is 1.11. The van der Waals surface area contributed by atoms with Crippen LogP contribution in [0.15, 0.2) is 207 Å². The first-order chi connectivity index (χ1) is 30.3. The van der Waals surface area contributed by atoms with Gasteiger partial charge in [0.05, 0.1) is 11.0 Å². The molecule has 13 aromatic rings. The number of rotatable bonds is 4.